The number of carbonyl (C=O) groups excluding carboxylic acids is 2. The fourth-order valence-electron chi connectivity index (χ4n) is 3.83. The number of urea groups is 1. The van der Waals surface area contributed by atoms with Crippen LogP contribution in [0.1, 0.15) is 28.9 Å². The number of hydrogen-bond acceptors (Lipinski definition) is 5. The van der Waals surface area contributed by atoms with Crippen molar-refractivity contribution in [3.8, 4) is 0 Å². The summed E-state index contributed by atoms with van der Waals surface area (Å²) in [4.78, 5) is 29.0. The normalized spacial score (nSPS) is 16.6. The van der Waals surface area contributed by atoms with Gasteiger partial charge in [-0.1, -0.05) is 11.6 Å². The predicted molar refractivity (Wildman–Crippen MR) is 110 cm³/mol. The minimum atomic E-state index is -0.637. The number of carbonyl (C=O) groups is 2. The van der Waals surface area contributed by atoms with Gasteiger partial charge in [0.1, 0.15) is 5.82 Å². The average molecular weight is 452 g/mol. The first kappa shape index (κ1) is 21.5. The molecule has 1 fully saturated rings. The summed E-state index contributed by atoms with van der Waals surface area (Å²) >= 11 is 5.77. The van der Waals surface area contributed by atoms with Gasteiger partial charge in [-0.25, -0.2) is 9.18 Å². The third-order valence-corrected chi connectivity index (χ3v) is 6.11. The lowest BCUT2D eigenvalue weighted by atomic mass is 10.1. The number of amides is 3. The summed E-state index contributed by atoms with van der Waals surface area (Å²) in [7, 11) is 0. The number of rotatable bonds is 6. The molecule has 2 aromatic rings. The molecule has 0 unspecified atom stereocenters. The Bertz CT molecular complexity index is 1010. The first-order valence-corrected chi connectivity index (χ1v) is 10.4. The topological polar surface area (TPSA) is 111 Å². The number of halogens is 2. The highest BCUT2D eigenvalue weighted by Gasteiger charge is 2.50. The fourth-order valence-corrected chi connectivity index (χ4v) is 4.01. The van der Waals surface area contributed by atoms with E-state index in [1.54, 1.807) is 4.68 Å². The van der Waals surface area contributed by atoms with Crippen LogP contribution < -0.4 is 5.32 Å². The molecule has 9 nitrogen and oxygen atoms in total. The van der Waals surface area contributed by atoms with Gasteiger partial charge in [0.25, 0.3) is 5.91 Å². The Morgan fingerprint density at radius 1 is 1.29 bits per heavy atom. The summed E-state index contributed by atoms with van der Waals surface area (Å²) < 4.78 is 15.0. The molecule has 1 aromatic heterocycles. The third kappa shape index (κ3) is 4.10. The molecule has 1 aliphatic carbocycles. The summed E-state index contributed by atoms with van der Waals surface area (Å²) in [5, 5.41) is 26.0. The molecule has 166 valence electrons. The smallest absolute Gasteiger partial charge is 0.322 e. The number of nitrogens with zero attached hydrogens (tertiary/aromatic N) is 4. The maximum Gasteiger partial charge on any atom is 0.322 e. The van der Waals surface area contributed by atoms with E-state index < -0.39 is 17.4 Å². The number of anilines is 1. The van der Waals surface area contributed by atoms with Crippen molar-refractivity contribution in [2.24, 2.45) is 0 Å². The number of fused-ring (bicyclic) bond motifs is 1. The van der Waals surface area contributed by atoms with E-state index in [-0.39, 0.29) is 37.2 Å². The summed E-state index contributed by atoms with van der Waals surface area (Å²) in [6.07, 6.45) is 2.82. The molecule has 0 saturated heterocycles. The van der Waals surface area contributed by atoms with E-state index in [1.165, 1.54) is 34.2 Å². The number of benzene rings is 1. The summed E-state index contributed by atoms with van der Waals surface area (Å²) in [6.45, 7) is 0.665. The van der Waals surface area contributed by atoms with Crippen molar-refractivity contribution in [1.82, 2.24) is 19.6 Å². The van der Waals surface area contributed by atoms with Crippen LogP contribution in [-0.2, 0) is 13.1 Å². The number of aromatic nitrogens is 2. The number of aliphatic hydroxyl groups excluding tert-OH is 2. The Morgan fingerprint density at radius 3 is 2.71 bits per heavy atom. The molecule has 3 N–H and O–H groups in total. The van der Waals surface area contributed by atoms with Crippen LogP contribution in [0.25, 0.3) is 0 Å². The molecule has 4 rings (SSSR count). The first-order valence-electron chi connectivity index (χ1n) is 9.98. The van der Waals surface area contributed by atoms with E-state index in [0.717, 1.165) is 0 Å². The zero-order valence-corrected chi connectivity index (χ0v) is 17.5. The van der Waals surface area contributed by atoms with E-state index in [2.05, 4.69) is 10.4 Å². The van der Waals surface area contributed by atoms with E-state index in [9.17, 15) is 24.2 Å². The maximum atomic E-state index is 13.3. The van der Waals surface area contributed by atoms with Crippen molar-refractivity contribution in [2.75, 3.05) is 31.6 Å². The van der Waals surface area contributed by atoms with Gasteiger partial charge < -0.3 is 25.3 Å². The van der Waals surface area contributed by atoms with Crippen molar-refractivity contribution in [2.45, 2.75) is 31.5 Å². The molecular weight excluding hydrogens is 429 g/mol. The van der Waals surface area contributed by atoms with Gasteiger partial charge >= 0.3 is 6.03 Å². The quantitative estimate of drug-likeness (QED) is 0.619. The Balaban J connectivity index is 1.51. The van der Waals surface area contributed by atoms with Crippen LogP contribution in [-0.4, -0.2) is 73.6 Å². The van der Waals surface area contributed by atoms with Crippen molar-refractivity contribution < 1.29 is 24.2 Å². The van der Waals surface area contributed by atoms with Gasteiger partial charge in [-0.15, -0.1) is 0 Å². The van der Waals surface area contributed by atoms with E-state index in [4.69, 9.17) is 11.6 Å². The summed E-state index contributed by atoms with van der Waals surface area (Å²) in [5.41, 5.74) is 0.651. The largest absolute Gasteiger partial charge is 0.395 e. The number of nitrogens with one attached hydrogen (secondary N) is 1. The minimum Gasteiger partial charge on any atom is -0.395 e. The summed E-state index contributed by atoms with van der Waals surface area (Å²) in [6, 6.07) is 3.51. The van der Waals surface area contributed by atoms with Crippen LogP contribution in [0.4, 0.5) is 14.9 Å². The lowest BCUT2D eigenvalue weighted by molar-refractivity contribution is 0.0485. The van der Waals surface area contributed by atoms with Crippen LogP contribution >= 0.6 is 11.6 Å². The molecule has 0 radical (unpaired) electrons. The van der Waals surface area contributed by atoms with Gasteiger partial charge in [0, 0.05) is 18.8 Å². The Kier molecular flexibility index (Phi) is 5.87. The number of β-amino-alcohol motifs (C(OH)–C–C–N with tert-alkyl or cyclic N) is 1. The monoisotopic (exact) mass is 451 g/mol. The van der Waals surface area contributed by atoms with E-state index in [0.29, 0.717) is 42.9 Å². The van der Waals surface area contributed by atoms with Crippen LogP contribution in [0.3, 0.4) is 0 Å². The van der Waals surface area contributed by atoms with Crippen LogP contribution in [0.15, 0.2) is 24.4 Å². The molecule has 1 aromatic carbocycles. The van der Waals surface area contributed by atoms with Crippen molar-refractivity contribution in [1.29, 1.82) is 0 Å². The van der Waals surface area contributed by atoms with Crippen LogP contribution in [0.5, 0.6) is 0 Å². The summed E-state index contributed by atoms with van der Waals surface area (Å²) in [5.74, 6) is -0.900. The molecule has 1 aliphatic heterocycles. The lowest BCUT2D eigenvalue weighted by Gasteiger charge is -2.32. The SMILES string of the molecule is O=C(Nc1ccc(F)c(Cl)c1)N1CCn2ncc(C(=O)N(CCO)C3(CO)CC3)c2C1. The second-order valence-electron chi connectivity index (χ2n) is 7.77. The molecule has 0 bridgehead atoms. The van der Waals surface area contributed by atoms with E-state index in [1.807, 2.05) is 0 Å². The van der Waals surface area contributed by atoms with E-state index >= 15 is 0 Å². The second kappa shape index (κ2) is 8.45. The predicted octanol–water partition coefficient (Wildman–Crippen LogP) is 1.68. The van der Waals surface area contributed by atoms with Gasteiger partial charge in [-0.05, 0) is 31.0 Å². The molecule has 0 atom stereocenters. The zero-order valence-electron chi connectivity index (χ0n) is 16.7. The first-order chi connectivity index (χ1) is 14.9. The molecule has 3 amide bonds. The maximum absolute atomic E-state index is 13.3. The third-order valence-electron chi connectivity index (χ3n) is 5.82. The molecule has 2 heterocycles. The molecule has 2 aliphatic rings. The minimum absolute atomic E-state index is 0.0933. The molecule has 0 spiro atoms. The molecule has 1 saturated carbocycles. The van der Waals surface area contributed by atoms with Gasteiger partial charge in [-0.3, -0.25) is 9.48 Å². The average Bonchev–Trinajstić information content (AvgIpc) is 3.45. The van der Waals surface area contributed by atoms with Crippen molar-refractivity contribution >= 4 is 29.2 Å². The van der Waals surface area contributed by atoms with Gasteiger partial charge in [0.05, 0.1) is 54.3 Å². The van der Waals surface area contributed by atoms with Crippen molar-refractivity contribution in [3.05, 3.63) is 46.5 Å². The standard InChI is InChI=1S/C20H23ClFN5O4/c21-15-9-13(1-2-16(15)22)24-19(31)25-5-6-27-17(11-25)14(10-23-27)18(30)26(7-8-28)20(12-29)3-4-20/h1-2,9-10,28-29H,3-8,11-12H2,(H,24,31). The fraction of sp³-hybridized carbons (Fsp3) is 0.450. The van der Waals surface area contributed by atoms with Gasteiger partial charge in [0.15, 0.2) is 0 Å². The Hall–Kier alpha value is -2.69. The molecule has 31 heavy (non-hydrogen) atoms. The second-order valence-corrected chi connectivity index (χ2v) is 8.18. The van der Waals surface area contributed by atoms with Crippen molar-refractivity contribution in [3.63, 3.8) is 0 Å². The molecule has 11 heteroatoms. The Labute approximate surface area is 183 Å². The highest BCUT2D eigenvalue weighted by molar-refractivity contribution is 6.31. The van der Waals surface area contributed by atoms with Crippen LogP contribution in [0, 0.1) is 5.82 Å². The highest BCUT2D eigenvalue weighted by atomic mass is 35.5. The lowest BCUT2D eigenvalue weighted by Crippen LogP contribution is -2.47. The van der Waals surface area contributed by atoms with Gasteiger partial charge in [-0.2, -0.15) is 5.10 Å². The number of hydrogen-bond donors (Lipinski definition) is 3. The molecular formula is C20H23ClFN5O4. The Morgan fingerprint density at radius 2 is 2.06 bits per heavy atom. The number of aliphatic hydroxyl groups is 2. The van der Waals surface area contributed by atoms with Gasteiger partial charge in [0.2, 0.25) is 0 Å². The highest BCUT2D eigenvalue weighted by Crippen LogP contribution is 2.42. The zero-order chi connectivity index (χ0) is 22.2. The van der Waals surface area contributed by atoms with Crippen LogP contribution in [0.2, 0.25) is 5.02 Å².